The molecule has 0 aliphatic carbocycles. The lowest BCUT2D eigenvalue weighted by Gasteiger charge is -2.35. The van der Waals surface area contributed by atoms with E-state index in [0.29, 0.717) is 5.75 Å². The van der Waals surface area contributed by atoms with E-state index in [1.165, 1.54) is 37.1 Å². The fourth-order valence-corrected chi connectivity index (χ4v) is 4.54. The third-order valence-electron chi connectivity index (χ3n) is 6.05. The first-order valence-corrected chi connectivity index (χ1v) is 10.8. The lowest BCUT2D eigenvalue weighted by atomic mass is 9.96. The zero-order valence-corrected chi connectivity index (χ0v) is 18.4. The van der Waals surface area contributed by atoms with E-state index in [4.69, 9.17) is 4.74 Å². The van der Waals surface area contributed by atoms with E-state index in [1.807, 2.05) is 13.8 Å². The summed E-state index contributed by atoms with van der Waals surface area (Å²) in [6, 6.07) is 12.7. The molecule has 1 aliphatic heterocycles. The molecule has 29 heavy (non-hydrogen) atoms. The number of ether oxygens (including phenoxy) is 1. The number of nitrogens with zero attached hydrogens (tertiary/aromatic N) is 2. The van der Waals surface area contributed by atoms with Crippen molar-refractivity contribution in [2.45, 2.75) is 39.7 Å². The third kappa shape index (κ3) is 6.22. The average Bonchev–Trinajstić information content (AvgIpc) is 2.71. The Kier molecular flexibility index (Phi) is 7.57. The van der Waals surface area contributed by atoms with E-state index in [9.17, 15) is 5.11 Å². The molecule has 4 heteroatoms. The number of aromatic hydroxyl groups is 1. The van der Waals surface area contributed by atoms with Gasteiger partial charge in [0.05, 0.1) is 7.11 Å². The molecule has 1 N–H and O–H groups in total. The van der Waals surface area contributed by atoms with Gasteiger partial charge in [0.2, 0.25) is 0 Å². The van der Waals surface area contributed by atoms with Gasteiger partial charge in [-0.1, -0.05) is 24.3 Å². The zero-order valence-electron chi connectivity index (χ0n) is 18.4. The van der Waals surface area contributed by atoms with Gasteiger partial charge in [0.25, 0.3) is 0 Å². The number of rotatable bonds is 8. The summed E-state index contributed by atoms with van der Waals surface area (Å²) in [5, 5.41) is 9.99. The zero-order chi connectivity index (χ0) is 20.8. The van der Waals surface area contributed by atoms with Gasteiger partial charge in [-0.25, -0.2) is 0 Å². The Morgan fingerprint density at radius 3 is 2.45 bits per heavy atom. The van der Waals surface area contributed by atoms with Gasteiger partial charge in [0.1, 0.15) is 11.5 Å². The Bertz CT molecular complexity index is 765. The fourth-order valence-electron chi connectivity index (χ4n) is 4.54. The number of hydrogen-bond acceptors (Lipinski definition) is 4. The van der Waals surface area contributed by atoms with Crippen molar-refractivity contribution in [3.63, 3.8) is 0 Å². The summed E-state index contributed by atoms with van der Waals surface area (Å²) in [5.74, 6) is 2.08. The molecule has 2 aromatic rings. The number of hydrogen-bond donors (Lipinski definition) is 1. The van der Waals surface area contributed by atoms with Gasteiger partial charge in [-0.2, -0.15) is 0 Å². The molecule has 0 bridgehead atoms. The van der Waals surface area contributed by atoms with Gasteiger partial charge >= 0.3 is 0 Å². The Labute approximate surface area is 176 Å². The number of methoxy groups -OCH3 is 1. The van der Waals surface area contributed by atoms with Crippen molar-refractivity contribution in [1.82, 2.24) is 9.80 Å². The molecule has 1 saturated heterocycles. The maximum atomic E-state index is 9.99. The fraction of sp³-hybridized carbons (Fsp3) is 0.520. The van der Waals surface area contributed by atoms with E-state index in [-0.39, 0.29) is 0 Å². The molecule has 0 aromatic heterocycles. The van der Waals surface area contributed by atoms with Crippen molar-refractivity contribution in [3.05, 3.63) is 58.7 Å². The first kappa shape index (κ1) is 21.7. The molecule has 158 valence electrons. The molecule has 1 aliphatic rings. The van der Waals surface area contributed by atoms with Gasteiger partial charge in [0.15, 0.2) is 0 Å². The summed E-state index contributed by atoms with van der Waals surface area (Å²) in [6.07, 6.45) is 3.70. The van der Waals surface area contributed by atoms with Crippen molar-refractivity contribution in [2.24, 2.45) is 5.92 Å². The molecule has 0 saturated carbocycles. The van der Waals surface area contributed by atoms with Crippen LogP contribution in [0.5, 0.6) is 11.5 Å². The topological polar surface area (TPSA) is 35.9 Å². The highest BCUT2D eigenvalue weighted by Crippen LogP contribution is 2.24. The van der Waals surface area contributed by atoms with E-state index in [1.54, 1.807) is 7.11 Å². The number of aryl methyl sites for hydroxylation is 2. The summed E-state index contributed by atoms with van der Waals surface area (Å²) in [5.41, 5.74) is 4.60. The standard InChI is InChI=1S/C25H36N2O2/c1-19-14-23(15-20(2)25(19)28)17-26(3)16-22-6-5-12-27(18-22)13-11-21-7-9-24(29-4)10-8-21/h7-10,14-15,22,28H,5-6,11-13,16-18H2,1-4H3. The maximum absolute atomic E-state index is 9.99. The Hall–Kier alpha value is -2.04. The molecule has 1 heterocycles. The molecule has 1 unspecified atom stereocenters. The number of phenolic OH excluding ortho intramolecular Hbond substituents is 1. The molecule has 4 nitrogen and oxygen atoms in total. The van der Waals surface area contributed by atoms with Crippen LogP contribution in [0.15, 0.2) is 36.4 Å². The van der Waals surface area contributed by atoms with Crippen molar-refractivity contribution in [1.29, 1.82) is 0 Å². The van der Waals surface area contributed by atoms with E-state index >= 15 is 0 Å². The van der Waals surface area contributed by atoms with Crippen LogP contribution in [0.2, 0.25) is 0 Å². The predicted octanol–water partition coefficient (Wildman–Crippen LogP) is 4.40. The van der Waals surface area contributed by atoms with E-state index in [0.717, 1.165) is 48.8 Å². The van der Waals surface area contributed by atoms with Crippen molar-refractivity contribution in [2.75, 3.05) is 40.3 Å². The quantitative estimate of drug-likeness (QED) is 0.717. The molecule has 0 spiro atoms. The van der Waals surface area contributed by atoms with Gasteiger partial charge in [-0.05, 0) is 87.0 Å². The van der Waals surface area contributed by atoms with Crippen LogP contribution in [0.3, 0.4) is 0 Å². The average molecular weight is 397 g/mol. The van der Waals surface area contributed by atoms with Crippen LogP contribution in [-0.4, -0.2) is 55.2 Å². The van der Waals surface area contributed by atoms with Crippen LogP contribution in [0, 0.1) is 19.8 Å². The van der Waals surface area contributed by atoms with Gasteiger partial charge in [0, 0.05) is 26.2 Å². The molecule has 3 rings (SSSR count). The van der Waals surface area contributed by atoms with Crippen LogP contribution in [0.1, 0.15) is 35.1 Å². The Morgan fingerprint density at radius 2 is 1.79 bits per heavy atom. The Morgan fingerprint density at radius 1 is 1.10 bits per heavy atom. The largest absolute Gasteiger partial charge is 0.507 e. The monoisotopic (exact) mass is 396 g/mol. The third-order valence-corrected chi connectivity index (χ3v) is 6.05. The molecule has 1 atom stereocenters. The summed E-state index contributed by atoms with van der Waals surface area (Å²) in [7, 11) is 3.93. The van der Waals surface area contributed by atoms with Crippen LogP contribution >= 0.6 is 0 Å². The van der Waals surface area contributed by atoms with Crippen molar-refractivity contribution >= 4 is 0 Å². The van der Waals surface area contributed by atoms with Crippen LogP contribution in [0.4, 0.5) is 0 Å². The second-order valence-electron chi connectivity index (χ2n) is 8.68. The second-order valence-corrected chi connectivity index (χ2v) is 8.68. The maximum Gasteiger partial charge on any atom is 0.121 e. The van der Waals surface area contributed by atoms with Crippen LogP contribution < -0.4 is 4.74 Å². The number of phenols is 1. The molecule has 2 aromatic carbocycles. The van der Waals surface area contributed by atoms with Crippen LogP contribution in [0.25, 0.3) is 0 Å². The highest BCUT2D eigenvalue weighted by Gasteiger charge is 2.21. The van der Waals surface area contributed by atoms with Crippen molar-refractivity contribution in [3.8, 4) is 11.5 Å². The summed E-state index contributed by atoms with van der Waals surface area (Å²) in [4.78, 5) is 5.06. The lowest BCUT2D eigenvalue weighted by molar-refractivity contribution is 0.142. The normalized spacial score (nSPS) is 17.6. The minimum absolute atomic E-state index is 0.427. The number of benzene rings is 2. The molecule has 1 fully saturated rings. The molecular weight excluding hydrogens is 360 g/mol. The van der Waals surface area contributed by atoms with Gasteiger partial charge < -0.3 is 19.6 Å². The van der Waals surface area contributed by atoms with E-state index in [2.05, 4.69) is 53.2 Å². The van der Waals surface area contributed by atoms with Crippen molar-refractivity contribution < 1.29 is 9.84 Å². The summed E-state index contributed by atoms with van der Waals surface area (Å²) < 4.78 is 5.25. The lowest BCUT2D eigenvalue weighted by Crippen LogP contribution is -2.40. The molecule has 0 amide bonds. The summed E-state index contributed by atoms with van der Waals surface area (Å²) >= 11 is 0. The SMILES string of the molecule is COc1ccc(CCN2CCCC(CN(C)Cc3cc(C)c(O)c(C)c3)C2)cc1. The Balaban J connectivity index is 1.47. The van der Waals surface area contributed by atoms with Crippen LogP contribution in [-0.2, 0) is 13.0 Å². The van der Waals surface area contributed by atoms with E-state index < -0.39 is 0 Å². The first-order valence-electron chi connectivity index (χ1n) is 10.8. The molecular formula is C25H36N2O2. The highest BCUT2D eigenvalue weighted by atomic mass is 16.5. The second kappa shape index (κ2) is 10.1. The summed E-state index contributed by atoms with van der Waals surface area (Å²) in [6.45, 7) is 9.55. The highest BCUT2D eigenvalue weighted by molar-refractivity contribution is 5.42. The first-order chi connectivity index (χ1) is 13.9. The minimum atomic E-state index is 0.427. The van der Waals surface area contributed by atoms with Gasteiger partial charge in [-0.15, -0.1) is 0 Å². The van der Waals surface area contributed by atoms with Gasteiger partial charge in [-0.3, -0.25) is 0 Å². The smallest absolute Gasteiger partial charge is 0.121 e. The number of likely N-dealkylation sites (tertiary alicyclic amines) is 1. The number of piperidine rings is 1. The molecule has 0 radical (unpaired) electrons. The minimum Gasteiger partial charge on any atom is -0.507 e. The predicted molar refractivity (Wildman–Crippen MR) is 120 cm³/mol.